The zero-order valence-corrected chi connectivity index (χ0v) is 16.8. The molecular formula is C20H24N2O4S. The van der Waals surface area contributed by atoms with E-state index in [4.69, 9.17) is 4.74 Å². The van der Waals surface area contributed by atoms with Crippen LogP contribution in [0.3, 0.4) is 0 Å². The number of hydrogen-bond donors (Lipinski definition) is 0. The molecule has 0 spiro atoms. The van der Waals surface area contributed by atoms with Crippen molar-refractivity contribution in [2.45, 2.75) is 26.3 Å². The first kappa shape index (κ1) is 19.2. The maximum absolute atomic E-state index is 13.1. The van der Waals surface area contributed by atoms with Gasteiger partial charge in [0.1, 0.15) is 12.3 Å². The number of carbonyl (C=O) groups is 1. The number of aryl methyl sites for hydroxylation is 1. The van der Waals surface area contributed by atoms with Crippen molar-refractivity contribution in [3.8, 4) is 5.75 Å². The van der Waals surface area contributed by atoms with Crippen LogP contribution in [0.1, 0.15) is 18.1 Å². The van der Waals surface area contributed by atoms with Gasteiger partial charge in [-0.1, -0.05) is 24.3 Å². The van der Waals surface area contributed by atoms with Crippen LogP contribution in [0.25, 0.3) is 0 Å². The molecule has 1 amide bonds. The number of anilines is 2. The lowest BCUT2D eigenvalue weighted by atomic mass is 10.1. The van der Waals surface area contributed by atoms with Gasteiger partial charge in [0.2, 0.25) is 15.9 Å². The van der Waals surface area contributed by atoms with Gasteiger partial charge in [-0.2, -0.15) is 0 Å². The molecule has 144 valence electrons. The van der Waals surface area contributed by atoms with E-state index in [-0.39, 0.29) is 18.5 Å². The Hall–Kier alpha value is -2.54. The highest BCUT2D eigenvalue weighted by Crippen LogP contribution is 2.34. The van der Waals surface area contributed by atoms with Crippen LogP contribution in [-0.2, 0) is 21.2 Å². The van der Waals surface area contributed by atoms with Crippen molar-refractivity contribution in [3.63, 3.8) is 0 Å². The van der Waals surface area contributed by atoms with Gasteiger partial charge >= 0.3 is 0 Å². The molecule has 27 heavy (non-hydrogen) atoms. The fourth-order valence-electron chi connectivity index (χ4n) is 3.52. The molecule has 3 rings (SSSR count). The highest BCUT2D eigenvalue weighted by Gasteiger charge is 2.33. The Morgan fingerprint density at radius 2 is 1.96 bits per heavy atom. The minimum atomic E-state index is -3.68. The van der Waals surface area contributed by atoms with Gasteiger partial charge in [0, 0.05) is 11.7 Å². The number of methoxy groups -OCH3 is 1. The quantitative estimate of drug-likeness (QED) is 0.790. The third kappa shape index (κ3) is 3.78. The van der Waals surface area contributed by atoms with Crippen molar-refractivity contribution < 1.29 is 17.9 Å². The van der Waals surface area contributed by atoms with E-state index in [9.17, 15) is 13.2 Å². The fourth-order valence-corrected chi connectivity index (χ4v) is 4.37. The molecule has 2 aromatic carbocycles. The number of benzene rings is 2. The van der Waals surface area contributed by atoms with E-state index >= 15 is 0 Å². The van der Waals surface area contributed by atoms with Crippen molar-refractivity contribution in [2.24, 2.45) is 0 Å². The van der Waals surface area contributed by atoms with E-state index in [0.717, 1.165) is 33.8 Å². The normalized spacial score (nSPS) is 16.1. The molecule has 0 saturated carbocycles. The van der Waals surface area contributed by atoms with E-state index in [1.54, 1.807) is 17.0 Å². The molecule has 0 N–H and O–H groups in total. The summed E-state index contributed by atoms with van der Waals surface area (Å²) < 4.78 is 31.4. The molecule has 0 radical (unpaired) electrons. The second-order valence-electron chi connectivity index (χ2n) is 6.89. The van der Waals surface area contributed by atoms with Gasteiger partial charge in [-0.25, -0.2) is 8.42 Å². The number of nitrogens with zero attached hydrogens (tertiary/aromatic N) is 2. The average molecular weight is 388 g/mol. The minimum Gasteiger partial charge on any atom is -0.495 e. The fraction of sp³-hybridized carbons (Fsp3) is 0.350. The van der Waals surface area contributed by atoms with Crippen LogP contribution in [0.2, 0.25) is 0 Å². The summed E-state index contributed by atoms with van der Waals surface area (Å²) in [5.74, 6) is 0.148. The van der Waals surface area contributed by atoms with Gasteiger partial charge in [0.05, 0.1) is 19.1 Å². The molecule has 2 aromatic rings. The zero-order chi connectivity index (χ0) is 19.8. The lowest BCUT2D eigenvalue weighted by Crippen LogP contribution is -2.45. The Morgan fingerprint density at radius 3 is 2.63 bits per heavy atom. The number of amides is 1. The molecule has 0 aromatic heterocycles. The molecule has 0 bridgehead atoms. The van der Waals surface area contributed by atoms with Gasteiger partial charge < -0.3 is 9.64 Å². The molecule has 1 atom stereocenters. The summed E-state index contributed by atoms with van der Waals surface area (Å²) >= 11 is 0. The molecule has 0 aliphatic carbocycles. The number of para-hydroxylation sites is 1. The number of fused-ring (bicyclic) bond motifs is 1. The molecule has 0 fully saturated rings. The van der Waals surface area contributed by atoms with Crippen molar-refractivity contribution in [2.75, 3.05) is 29.1 Å². The predicted molar refractivity (Wildman–Crippen MR) is 107 cm³/mol. The van der Waals surface area contributed by atoms with Crippen LogP contribution in [0, 0.1) is 6.92 Å². The van der Waals surface area contributed by atoms with E-state index in [0.29, 0.717) is 11.4 Å². The molecule has 0 saturated heterocycles. The third-order valence-electron chi connectivity index (χ3n) is 4.76. The zero-order valence-electron chi connectivity index (χ0n) is 16.0. The van der Waals surface area contributed by atoms with E-state index in [1.807, 2.05) is 44.2 Å². The minimum absolute atomic E-state index is 0.0179. The SMILES string of the molecule is COc1ccc(C)cc1N(CC(=O)N1c2ccccc2C[C@H]1C)S(C)(=O)=O. The van der Waals surface area contributed by atoms with Crippen molar-refractivity contribution in [1.29, 1.82) is 0 Å². The second-order valence-corrected chi connectivity index (χ2v) is 8.80. The summed E-state index contributed by atoms with van der Waals surface area (Å²) in [5.41, 5.74) is 3.19. The van der Waals surface area contributed by atoms with Crippen molar-refractivity contribution in [3.05, 3.63) is 53.6 Å². The number of ether oxygens (including phenoxy) is 1. The number of hydrogen-bond acceptors (Lipinski definition) is 4. The number of rotatable bonds is 5. The van der Waals surface area contributed by atoms with Crippen LogP contribution >= 0.6 is 0 Å². The standard InChI is InChI=1S/C20H24N2O4S/c1-14-9-10-19(26-3)18(11-14)21(27(4,24)25)13-20(23)22-15(2)12-16-7-5-6-8-17(16)22/h5-11,15H,12-13H2,1-4H3/t15-/m1/s1. The molecule has 0 unspecified atom stereocenters. The summed E-state index contributed by atoms with van der Waals surface area (Å²) in [5, 5.41) is 0. The smallest absolute Gasteiger partial charge is 0.248 e. The molecule has 1 aliphatic heterocycles. The molecule has 7 heteroatoms. The second kappa shape index (κ2) is 7.23. The van der Waals surface area contributed by atoms with Crippen LogP contribution < -0.4 is 13.9 Å². The number of carbonyl (C=O) groups excluding carboxylic acids is 1. The molecular weight excluding hydrogens is 364 g/mol. The first-order chi connectivity index (χ1) is 12.7. The van der Waals surface area contributed by atoms with Crippen molar-refractivity contribution >= 4 is 27.3 Å². The summed E-state index contributed by atoms with van der Waals surface area (Å²) in [4.78, 5) is 14.8. The van der Waals surface area contributed by atoms with E-state index in [2.05, 4.69) is 0 Å². The van der Waals surface area contributed by atoms with Crippen LogP contribution in [-0.4, -0.2) is 40.3 Å². The number of sulfonamides is 1. The third-order valence-corrected chi connectivity index (χ3v) is 5.88. The maximum Gasteiger partial charge on any atom is 0.248 e. The highest BCUT2D eigenvalue weighted by molar-refractivity contribution is 7.92. The molecule has 1 aliphatic rings. The summed E-state index contributed by atoms with van der Waals surface area (Å²) in [6, 6.07) is 13.0. The van der Waals surface area contributed by atoms with Gasteiger partial charge in [-0.3, -0.25) is 9.10 Å². The Kier molecular flexibility index (Phi) is 5.15. The van der Waals surface area contributed by atoms with Gasteiger partial charge in [0.25, 0.3) is 0 Å². The summed E-state index contributed by atoms with van der Waals surface area (Å²) in [7, 11) is -2.20. The predicted octanol–water partition coefficient (Wildman–Crippen LogP) is 2.75. The van der Waals surface area contributed by atoms with Crippen LogP contribution in [0.15, 0.2) is 42.5 Å². The van der Waals surface area contributed by atoms with Crippen molar-refractivity contribution in [1.82, 2.24) is 0 Å². The average Bonchev–Trinajstić information content (AvgIpc) is 2.94. The van der Waals surface area contributed by atoms with E-state index in [1.165, 1.54) is 7.11 Å². The van der Waals surface area contributed by atoms with Crippen LogP contribution in [0.4, 0.5) is 11.4 Å². The first-order valence-electron chi connectivity index (χ1n) is 8.74. The lowest BCUT2D eigenvalue weighted by Gasteiger charge is -2.28. The Morgan fingerprint density at radius 1 is 1.26 bits per heavy atom. The topological polar surface area (TPSA) is 66.9 Å². The maximum atomic E-state index is 13.1. The molecule has 6 nitrogen and oxygen atoms in total. The summed E-state index contributed by atoms with van der Waals surface area (Å²) in [6.45, 7) is 3.55. The Labute approximate surface area is 160 Å². The highest BCUT2D eigenvalue weighted by atomic mass is 32.2. The largest absolute Gasteiger partial charge is 0.495 e. The lowest BCUT2D eigenvalue weighted by molar-refractivity contribution is -0.117. The summed E-state index contributed by atoms with van der Waals surface area (Å²) in [6.07, 6.45) is 1.86. The Bertz CT molecular complexity index is 972. The van der Waals surface area contributed by atoms with Crippen LogP contribution in [0.5, 0.6) is 5.75 Å². The first-order valence-corrected chi connectivity index (χ1v) is 10.6. The van der Waals surface area contributed by atoms with Gasteiger partial charge in [-0.15, -0.1) is 0 Å². The Balaban J connectivity index is 1.98. The van der Waals surface area contributed by atoms with E-state index < -0.39 is 10.0 Å². The monoisotopic (exact) mass is 388 g/mol. The molecule has 1 heterocycles. The van der Waals surface area contributed by atoms with Gasteiger partial charge in [-0.05, 0) is 49.6 Å². The van der Waals surface area contributed by atoms with Gasteiger partial charge in [0.15, 0.2) is 0 Å².